The minimum atomic E-state index is -5.03. The van der Waals surface area contributed by atoms with Gasteiger partial charge in [0.15, 0.2) is 0 Å². The first-order chi connectivity index (χ1) is 51.6. The summed E-state index contributed by atoms with van der Waals surface area (Å²) in [5.74, 6) is -2.15. The van der Waals surface area contributed by atoms with Crippen LogP contribution in [0.3, 0.4) is 0 Å². The van der Waals surface area contributed by atoms with Crippen LogP contribution < -0.4 is 48.9 Å². The SMILES string of the molecule is Fc1ccc(Oc2cc3c(cc2Oc2ccc(F)cc2)C2=Nc4c5cc(Oc6ccc(F)cc6)c(Oc6ccc(F)cc6)cc5c5[n]4[In]([Cl])[n]4c(c6cc(Oc7ccc(F)cc7)c(Oc7ccc(F)cc7)cc6c4=NC4=NC(=N5)c5cc(Oc6ccc(F)cc6)c(Oc6ccc(F)cc6)cc54)=NC3=N2)cc1. The summed E-state index contributed by atoms with van der Waals surface area (Å²) in [6, 6.07) is 55.1. The Kier molecular flexibility index (Phi) is 16.2. The van der Waals surface area contributed by atoms with Crippen molar-refractivity contribution < 1.29 is 73.0 Å². The fraction of sp³-hybridized carbons (Fsp3) is 0. The molecule has 0 N–H and O–H groups in total. The molecule has 4 aliphatic rings. The molecule has 0 spiro atoms. The van der Waals surface area contributed by atoms with Crippen molar-refractivity contribution in [2.75, 3.05) is 0 Å². The second-order valence-corrected chi connectivity index (χ2v) is 31.5. The molecule has 0 aliphatic carbocycles. The van der Waals surface area contributed by atoms with E-state index in [0.29, 0.717) is 43.8 Å². The normalized spacial score (nSPS) is 12.9. The third kappa shape index (κ3) is 12.5. The van der Waals surface area contributed by atoms with Gasteiger partial charge in [0.05, 0.1) is 0 Å². The Hall–Kier alpha value is -13.0. The van der Waals surface area contributed by atoms with Crippen molar-refractivity contribution in [1.29, 1.82) is 0 Å². The van der Waals surface area contributed by atoms with E-state index in [4.69, 9.17) is 76.4 Å². The van der Waals surface area contributed by atoms with E-state index < -0.39 is 67.4 Å². The number of aromatic nitrogens is 2. The van der Waals surface area contributed by atoms with Crippen LogP contribution in [-0.4, -0.2) is 49.3 Å². The second kappa shape index (κ2) is 26.4. The standard InChI is InChI=1S/C80H40F8N8O8.ClH.In/c81-41-1-17-49(18-2-41)97-65-33-57-58(34-66(65)98-50-19-3-42(82)4-20-50)74-89-73(57)93-75-59-35-67(99-51-21-5-43(83)6-22-51)68(100-52-23-7-44(84)8-24-52)36-60(59)77(90-75)95-79-63-39-71(103-55-29-13-47(87)14-30-55)72(104-56-31-15-48(88)16-32-56)40-64(63)80(92-79)96-78-62-38-70(102-54-27-11-46(86)12-28-54)69(37-61(62)76(91-78)94-74)101-53-25-9-45(85)10-26-53;;/h1-40H;1H;/q-2;;+3/p-1. The van der Waals surface area contributed by atoms with Crippen LogP contribution in [0.25, 0.3) is 21.5 Å². The molecule has 4 aliphatic heterocycles. The molecular weight excluding hydrogens is 1500 g/mol. The van der Waals surface area contributed by atoms with Crippen molar-refractivity contribution in [1.82, 2.24) is 5.11 Å². The van der Waals surface area contributed by atoms with E-state index in [2.05, 4.69) is 0 Å². The van der Waals surface area contributed by atoms with E-state index in [1.54, 1.807) is 53.6 Å². The van der Waals surface area contributed by atoms with E-state index in [1.807, 2.05) is 0 Å². The fourth-order valence-corrected chi connectivity index (χ4v) is 20.0. The van der Waals surface area contributed by atoms with Gasteiger partial charge in [-0.2, -0.15) is 0 Å². The molecule has 0 radical (unpaired) electrons. The Labute approximate surface area is 604 Å². The molecule has 106 heavy (non-hydrogen) atoms. The van der Waals surface area contributed by atoms with Gasteiger partial charge in [-0.3, -0.25) is 0 Å². The Morgan fingerprint density at radius 1 is 0.226 bits per heavy atom. The molecule has 6 bridgehead atoms. The third-order valence-corrected chi connectivity index (χ3v) is 25.0. The molecule has 0 amide bonds. The Bertz CT molecular complexity index is 5860. The molecule has 514 valence electrons. The molecule has 0 saturated heterocycles. The number of ether oxygens (including phenoxy) is 8. The Morgan fingerprint density at radius 2 is 0.415 bits per heavy atom. The second-order valence-electron chi connectivity index (χ2n) is 24.1. The molecule has 6 heterocycles. The summed E-state index contributed by atoms with van der Waals surface area (Å²) in [4.78, 5) is 32.5. The van der Waals surface area contributed by atoms with Crippen molar-refractivity contribution >= 4 is 85.9 Å². The van der Waals surface area contributed by atoms with Gasteiger partial charge < -0.3 is 0 Å². The van der Waals surface area contributed by atoms with Gasteiger partial charge in [0, 0.05) is 0 Å². The average Bonchev–Trinajstić information content (AvgIpc) is 1.55. The van der Waals surface area contributed by atoms with Crippen molar-refractivity contribution in [3.8, 4) is 92.0 Å². The van der Waals surface area contributed by atoms with Crippen molar-refractivity contribution in [2.45, 2.75) is 0 Å². The Balaban J connectivity index is 0.975. The molecule has 0 unspecified atom stereocenters. The number of nitrogens with zero attached hydrogens (tertiary/aromatic N) is 8. The summed E-state index contributed by atoms with van der Waals surface area (Å²) < 4.78 is 174. The van der Waals surface area contributed by atoms with Crippen LogP contribution >= 0.6 is 8.58 Å². The molecule has 18 rings (SSSR count). The molecule has 16 nitrogen and oxygen atoms in total. The van der Waals surface area contributed by atoms with Gasteiger partial charge >= 0.3 is 591 Å². The molecule has 12 aromatic carbocycles. The summed E-state index contributed by atoms with van der Waals surface area (Å²) >= 11 is -5.03. The quantitative estimate of drug-likeness (QED) is 0.0865. The van der Waals surface area contributed by atoms with E-state index in [0.717, 1.165) is 0 Å². The summed E-state index contributed by atoms with van der Waals surface area (Å²) in [7, 11) is 8.61. The first-order valence-electron chi connectivity index (χ1n) is 32.3. The zero-order valence-electron chi connectivity index (χ0n) is 53.9. The third-order valence-electron chi connectivity index (χ3n) is 17.2. The number of aliphatic imine (C=N–C) groups is 4. The zero-order valence-corrected chi connectivity index (χ0v) is 58.0. The Morgan fingerprint density at radius 3 is 0.632 bits per heavy atom. The topological polar surface area (TPSA) is 158 Å². The first-order valence-corrected chi connectivity index (χ1v) is 39.4. The van der Waals surface area contributed by atoms with Gasteiger partial charge in [-0.25, -0.2) is 17.6 Å². The number of hydrogen-bond donors (Lipinski definition) is 0. The van der Waals surface area contributed by atoms with Crippen LogP contribution in [0.1, 0.15) is 22.3 Å². The molecule has 14 aromatic rings. The predicted molar refractivity (Wildman–Crippen MR) is 379 cm³/mol. The van der Waals surface area contributed by atoms with Crippen LogP contribution in [0.2, 0.25) is 0 Å². The van der Waals surface area contributed by atoms with Gasteiger partial charge in [-0.15, -0.1) is 0 Å². The van der Waals surface area contributed by atoms with Crippen molar-refractivity contribution in [3.05, 3.63) is 322 Å². The minimum absolute atomic E-state index is 0.0214. The fourth-order valence-electron chi connectivity index (χ4n) is 12.3. The zero-order chi connectivity index (χ0) is 72.0. The van der Waals surface area contributed by atoms with E-state index >= 15 is 0 Å². The maximum atomic E-state index is 14.7. The first kappa shape index (κ1) is 65.1. The molecule has 0 saturated carbocycles. The summed E-state index contributed by atoms with van der Waals surface area (Å²) in [5.41, 5.74) is 1.44. The van der Waals surface area contributed by atoms with Gasteiger partial charge in [0.2, 0.25) is 0 Å². The summed E-state index contributed by atoms with van der Waals surface area (Å²) in [5, 5.41) is 1.19. The summed E-state index contributed by atoms with van der Waals surface area (Å²) in [6.07, 6.45) is 0. The monoisotopic (exact) mass is 1540 g/mol. The number of benzene rings is 12. The summed E-state index contributed by atoms with van der Waals surface area (Å²) in [6.45, 7) is 0. The van der Waals surface area contributed by atoms with Crippen LogP contribution in [0.5, 0.6) is 92.0 Å². The van der Waals surface area contributed by atoms with Crippen LogP contribution in [0.4, 0.5) is 46.8 Å². The number of halogens is 9. The average molecular weight is 1540 g/mol. The van der Waals surface area contributed by atoms with Gasteiger partial charge in [0.1, 0.15) is 0 Å². The molecule has 26 heteroatoms. The van der Waals surface area contributed by atoms with E-state index in [9.17, 15) is 35.1 Å². The van der Waals surface area contributed by atoms with Gasteiger partial charge in [-0.1, -0.05) is 0 Å². The van der Waals surface area contributed by atoms with Gasteiger partial charge in [-0.05, 0) is 0 Å². The molecule has 0 fully saturated rings. The molecule has 0 atom stereocenters. The molecular formula is C80H40ClF8InN8O8. The van der Waals surface area contributed by atoms with Crippen LogP contribution in [0, 0.1) is 46.5 Å². The van der Waals surface area contributed by atoms with Gasteiger partial charge in [0.25, 0.3) is 0 Å². The van der Waals surface area contributed by atoms with Crippen molar-refractivity contribution in [3.63, 3.8) is 0 Å². The number of rotatable bonds is 16. The van der Waals surface area contributed by atoms with E-state index in [1.165, 1.54) is 194 Å². The number of amidine groups is 4. The number of fused-ring (bicyclic) bond motifs is 14. The van der Waals surface area contributed by atoms with Crippen LogP contribution in [-0.2, 0) is 0 Å². The molecule has 2 aromatic heterocycles. The van der Waals surface area contributed by atoms with Crippen LogP contribution in [0.15, 0.2) is 273 Å². The predicted octanol–water partition coefficient (Wildman–Crippen LogP) is 20.6. The number of hydrogen-bond acceptors (Lipinski definition) is 14. The van der Waals surface area contributed by atoms with E-state index in [-0.39, 0.29) is 138 Å². The maximum absolute atomic E-state index is 14.7. The van der Waals surface area contributed by atoms with Crippen molar-refractivity contribution in [2.24, 2.45) is 30.0 Å².